The Bertz CT molecular complexity index is 1610. The molecule has 0 bridgehead atoms. The molecule has 11 nitrogen and oxygen atoms in total. The number of carboxylic acid groups (broad SMARTS) is 1. The highest BCUT2D eigenvalue weighted by Gasteiger charge is 2.30. The van der Waals surface area contributed by atoms with Gasteiger partial charge < -0.3 is 35.3 Å². The van der Waals surface area contributed by atoms with Crippen molar-refractivity contribution < 1.29 is 33.7 Å². The predicted molar refractivity (Wildman–Crippen MR) is 165 cm³/mol. The number of ether oxygens (including phenoxy) is 3. The van der Waals surface area contributed by atoms with Gasteiger partial charge in [-0.1, -0.05) is 36.4 Å². The standard InChI is InChI=1S/C33H37N3O8/c1-18(32(39)36-26(33(40)41)15-20-9-7-6-8-10-20)34-25-14-12-22-23(17-27(25)38)24(35-19(2)37)13-11-21-16-28(42-3)30(43-4)31(44-5)29(21)22/h6-10,12,14,16-18,24,26H,11,13,15H2,1-5H3,(H,34,38)(H,35,37)(H,36,39)(H,40,41)/t18-,24-,26-/m0/s1. The minimum absolute atomic E-state index is 0.106. The first-order valence-electron chi connectivity index (χ1n) is 14.2. The van der Waals surface area contributed by atoms with Crippen LogP contribution in [0.5, 0.6) is 17.2 Å². The minimum atomic E-state index is -1.17. The molecule has 232 valence electrons. The number of hydrogen-bond donors (Lipinski definition) is 4. The summed E-state index contributed by atoms with van der Waals surface area (Å²) in [6, 6.07) is 13.0. The van der Waals surface area contributed by atoms with E-state index in [0.29, 0.717) is 46.8 Å². The number of anilines is 1. The van der Waals surface area contributed by atoms with Gasteiger partial charge in [0, 0.05) is 18.9 Å². The molecular formula is C33H37N3O8. The van der Waals surface area contributed by atoms with Crippen LogP contribution < -0.4 is 35.6 Å². The molecule has 4 rings (SSSR count). The molecule has 3 aromatic carbocycles. The van der Waals surface area contributed by atoms with Crippen molar-refractivity contribution in [3.05, 3.63) is 81.5 Å². The van der Waals surface area contributed by atoms with Crippen molar-refractivity contribution >= 4 is 23.5 Å². The number of methoxy groups -OCH3 is 3. The quantitative estimate of drug-likeness (QED) is 0.258. The van der Waals surface area contributed by atoms with Gasteiger partial charge in [0.05, 0.1) is 33.1 Å². The van der Waals surface area contributed by atoms with Crippen molar-refractivity contribution in [3.63, 3.8) is 0 Å². The number of benzene rings is 2. The molecule has 44 heavy (non-hydrogen) atoms. The fraction of sp³-hybridized carbons (Fsp3) is 0.333. The summed E-state index contributed by atoms with van der Waals surface area (Å²) in [7, 11) is 4.56. The van der Waals surface area contributed by atoms with E-state index in [-0.39, 0.29) is 18.0 Å². The molecule has 0 radical (unpaired) electrons. The second kappa shape index (κ2) is 13.9. The lowest BCUT2D eigenvalue weighted by atomic mass is 9.95. The third-order valence-corrected chi connectivity index (χ3v) is 7.58. The van der Waals surface area contributed by atoms with Crippen LogP contribution in [0.15, 0.2) is 59.4 Å². The van der Waals surface area contributed by atoms with Crippen molar-refractivity contribution in [2.75, 3.05) is 26.6 Å². The Morgan fingerprint density at radius 2 is 1.68 bits per heavy atom. The average molecular weight is 604 g/mol. The third-order valence-electron chi connectivity index (χ3n) is 7.58. The molecule has 3 atom stereocenters. The molecule has 1 aliphatic rings. The van der Waals surface area contributed by atoms with Gasteiger partial charge in [0.15, 0.2) is 11.5 Å². The summed E-state index contributed by atoms with van der Waals surface area (Å²) in [4.78, 5) is 50.7. The van der Waals surface area contributed by atoms with Gasteiger partial charge in [0.25, 0.3) is 0 Å². The summed E-state index contributed by atoms with van der Waals surface area (Å²) in [6.45, 7) is 2.96. The van der Waals surface area contributed by atoms with E-state index in [1.807, 2.05) is 12.1 Å². The second-order valence-corrected chi connectivity index (χ2v) is 10.6. The molecule has 4 N–H and O–H groups in total. The van der Waals surface area contributed by atoms with Crippen molar-refractivity contribution in [2.45, 2.75) is 51.2 Å². The van der Waals surface area contributed by atoms with Gasteiger partial charge in [0.2, 0.25) is 23.0 Å². The smallest absolute Gasteiger partial charge is 0.326 e. The van der Waals surface area contributed by atoms with Crippen molar-refractivity contribution in [3.8, 4) is 28.4 Å². The Morgan fingerprint density at radius 3 is 2.30 bits per heavy atom. The van der Waals surface area contributed by atoms with Crippen LogP contribution >= 0.6 is 0 Å². The lowest BCUT2D eigenvalue weighted by molar-refractivity contribution is -0.141. The van der Waals surface area contributed by atoms with Crippen LogP contribution in [0.3, 0.4) is 0 Å². The number of carbonyl (C=O) groups excluding carboxylic acids is 2. The number of amides is 2. The minimum Gasteiger partial charge on any atom is -0.493 e. The molecule has 0 saturated heterocycles. The molecule has 0 spiro atoms. The summed E-state index contributed by atoms with van der Waals surface area (Å²) in [5.74, 6) is -0.704. The monoisotopic (exact) mass is 603 g/mol. The first-order valence-corrected chi connectivity index (χ1v) is 14.2. The number of carbonyl (C=O) groups is 3. The zero-order chi connectivity index (χ0) is 32.0. The number of aliphatic carboxylic acids is 1. The molecule has 0 aromatic heterocycles. The Morgan fingerprint density at radius 1 is 0.977 bits per heavy atom. The maximum atomic E-state index is 13.6. The van der Waals surface area contributed by atoms with E-state index in [1.165, 1.54) is 34.3 Å². The van der Waals surface area contributed by atoms with Crippen molar-refractivity contribution in [2.24, 2.45) is 0 Å². The van der Waals surface area contributed by atoms with E-state index in [9.17, 15) is 24.3 Å². The van der Waals surface area contributed by atoms with Gasteiger partial charge in [-0.2, -0.15) is 0 Å². The first-order chi connectivity index (χ1) is 21.1. The van der Waals surface area contributed by atoms with Gasteiger partial charge >= 0.3 is 5.97 Å². The summed E-state index contributed by atoms with van der Waals surface area (Å²) in [6.07, 6.45) is 1.16. The zero-order valence-corrected chi connectivity index (χ0v) is 25.4. The lowest BCUT2D eigenvalue weighted by Gasteiger charge is -2.19. The van der Waals surface area contributed by atoms with Gasteiger partial charge in [-0.05, 0) is 60.2 Å². The number of hydrogen-bond acceptors (Lipinski definition) is 8. The fourth-order valence-electron chi connectivity index (χ4n) is 5.47. The Hall–Kier alpha value is -5.06. The molecule has 3 aromatic rings. The van der Waals surface area contributed by atoms with E-state index in [4.69, 9.17) is 14.2 Å². The maximum absolute atomic E-state index is 13.6. The number of nitrogens with one attached hydrogen (secondary N) is 3. The molecular weight excluding hydrogens is 566 g/mol. The van der Waals surface area contributed by atoms with E-state index >= 15 is 0 Å². The lowest BCUT2D eigenvalue weighted by Crippen LogP contribution is -2.48. The first kappa shape index (κ1) is 31.9. The second-order valence-electron chi connectivity index (χ2n) is 10.6. The van der Waals surface area contributed by atoms with Gasteiger partial charge in [-0.15, -0.1) is 0 Å². The van der Waals surface area contributed by atoms with Crippen LogP contribution in [-0.4, -0.2) is 56.3 Å². The highest BCUT2D eigenvalue weighted by molar-refractivity contribution is 5.89. The summed E-state index contributed by atoms with van der Waals surface area (Å²) in [5.41, 5.74) is 3.27. The number of aryl methyl sites for hydroxylation is 1. The Balaban J connectivity index is 1.73. The predicted octanol–water partition coefficient (Wildman–Crippen LogP) is 3.48. The van der Waals surface area contributed by atoms with Crippen molar-refractivity contribution in [1.82, 2.24) is 10.6 Å². The molecule has 0 aliphatic heterocycles. The number of fused-ring (bicyclic) bond motifs is 3. The topological polar surface area (TPSA) is 152 Å². The highest BCUT2D eigenvalue weighted by atomic mass is 16.5. The van der Waals surface area contributed by atoms with E-state index in [0.717, 1.165) is 11.1 Å². The van der Waals surface area contributed by atoms with Crippen molar-refractivity contribution in [1.29, 1.82) is 0 Å². The largest absolute Gasteiger partial charge is 0.493 e. The molecule has 11 heteroatoms. The maximum Gasteiger partial charge on any atom is 0.326 e. The molecule has 0 heterocycles. The average Bonchev–Trinajstić information content (AvgIpc) is 3.24. The molecule has 1 aliphatic carbocycles. The summed E-state index contributed by atoms with van der Waals surface area (Å²) < 4.78 is 17.0. The van der Waals surface area contributed by atoms with Gasteiger partial charge in [-0.25, -0.2) is 4.79 Å². The van der Waals surface area contributed by atoms with E-state index in [2.05, 4.69) is 16.0 Å². The van der Waals surface area contributed by atoms with Crippen LogP contribution in [0.4, 0.5) is 5.69 Å². The summed E-state index contributed by atoms with van der Waals surface area (Å²) >= 11 is 0. The van der Waals surface area contributed by atoms with Gasteiger partial charge in [0.1, 0.15) is 12.1 Å². The molecule has 2 amide bonds. The molecule has 0 unspecified atom stereocenters. The fourth-order valence-corrected chi connectivity index (χ4v) is 5.47. The number of carboxylic acids is 1. The van der Waals surface area contributed by atoms with Crippen LogP contribution in [0, 0.1) is 0 Å². The summed E-state index contributed by atoms with van der Waals surface area (Å²) in [5, 5.41) is 18.2. The molecule has 0 fully saturated rings. The van der Waals surface area contributed by atoms with Crippen LogP contribution in [0.2, 0.25) is 0 Å². The highest BCUT2D eigenvalue weighted by Crippen LogP contribution is 2.50. The van der Waals surface area contributed by atoms with Crippen LogP contribution in [0.1, 0.15) is 43.0 Å². The zero-order valence-electron chi connectivity index (χ0n) is 25.4. The number of rotatable bonds is 11. The molecule has 0 saturated carbocycles. The SMILES string of the molecule is COc1cc2c(c(OC)c1OC)-c1ccc(N[C@@H](C)C(=O)N[C@@H](Cc3ccccc3)C(=O)O)c(=O)cc1[C@@H](NC(C)=O)CC2. The van der Waals surface area contributed by atoms with Crippen LogP contribution in [-0.2, 0) is 27.2 Å². The van der Waals surface area contributed by atoms with Crippen LogP contribution in [0.25, 0.3) is 11.1 Å². The van der Waals surface area contributed by atoms with E-state index in [1.54, 1.807) is 43.3 Å². The van der Waals surface area contributed by atoms with Gasteiger partial charge in [-0.3, -0.25) is 14.4 Å². The Kier molecular flexibility index (Phi) is 10.1. The normalized spacial score (nSPS) is 14.9. The third kappa shape index (κ3) is 6.94. The van der Waals surface area contributed by atoms with E-state index < -0.39 is 35.4 Å². The Labute approximate surface area is 255 Å².